The first kappa shape index (κ1) is 42.6. The van der Waals surface area contributed by atoms with Crippen LogP contribution in [0.1, 0.15) is 17.3 Å². The third-order valence-electron chi connectivity index (χ3n) is 15.1. The summed E-state index contributed by atoms with van der Waals surface area (Å²) in [6.07, 6.45) is -0.419. The molecule has 0 saturated heterocycles. The number of rotatable bonds is 7. The monoisotopic (exact) mass is 958 g/mol. The lowest BCUT2D eigenvalue weighted by molar-refractivity contribution is 0.661. The summed E-state index contributed by atoms with van der Waals surface area (Å²) in [6.45, 7) is 0. The molecule has 6 nitrogen and oxygen atoms in total. The van der Waals surface area contributed by atoms with Gasteiger partial charge in [0.05, 0.1) is 38.8 Å². The van der Waals surface area contributed by atoms with Crippen LogP contribution in [0.5, 0.6) is 0 Å². The Bertz CT molecular complexity index is 4570. The molecule has 1 aliphatic heterocycles. The van der Waals surface area contributed by atoms with Gasteiger partial charge in [0.15, 0.2) is 5.84 Å². The number of aliphatic imine (C=N–C) groups is 2. The molecule has 75 heavy (non-hydrogen) atoms. The van der Waals surface area contributed by atoms with Crippen LogP contribution in [0.4, 0.5) is 0 Å². The van der Waals surface area contributed by atoms with Crippen LogP contribution < -0.4 is 5.32 Å². The van der Waals surface area contributed by atoms with Gasteiger partial charge in [-0.05, 0) is 69.8 Å². The molecule has 0 saturated carbocycles. The second kappa shape index (κ2) is 17.3. The molecule has 14 aromatic rings. The van der Waals surface area contributed by atoms with Crippen molar-refractivity contribution >= 4 is 77.2 Å². The van der Waals surface area contributed by atoms with Gasteiger partial charge in [-0.2, -0.15) is 4.99 Å². The lowest BCUT2D eigenvalue weighted by Gasteiger charge is -2.25. The van der Waals surface area contributed by atoms with E-state index >= 15 is 0 Å². The van der Waals surface area contributed by atoms with Crippen LogP contribution in [0, 0.1) is 0 Å². The van der Waals surface area contributed by atoms with Crippen molar-refractivity contribution in [2.75, 3.05) is 0 Å². The molecule has 6 heteroatoms. The van der Waals surface area contributed by atoms with E-state index in [1.54, 1.807) is 0 Å². The summed E-state index contributed by atoms with van der Waals surface area (Å²) in [5.74, 6) is 1.35. The average Bonchev–Trinajstić information content (AvgIpc) is 4.28. The van der Waals surface area contributed by atoms with Gasteiger partial charge in [-0.1, -0.05) is 231 Å². The summed E-state index contributed by atoms with van der Waals surface area (Å²) in [6, 6.07) is 96.1. The Labute approximate surface area is 433 Å². The molecular formula is C69H46N6. The van der Waals surface area contributed by atoms with E-state index in [2.05, 4.69) is 286 Å². The molecule has 1 unspecified atom stereocenters. The lowest BCUT2D eigenvalue weighted by atomic mass is 9.90. The first-order valence-corrected chi connectivity index (χ1v) is 25.6. The second-order valence-corrected chi connectivity index (χ2v) is 19.3. The van der Waals surface area contributed by atoms with Gasteiger partial charge in [0.1, 0.15) is 6.17 Å². The summed E-state index contributed by atoms with van der Waals surface area (Å²) >= 11 is 0. The second-order valence-electron chi connectivity index (χ2n) is 19.3. The normalized spacial score (nSPS) is 13.7. The van der Waals surface area contributed by atoms with Crippen LogP contribution in [0.2, 0.25) is 0 Å². The molecule has 352 valence electrons. The van der Waals surface area contributed by atoms with E-state index in [0.29, 0.717) is 11.8 Å². The zero-order chi connectivity index (χ0) is 49.4. The third kappa shape index (κ3) is 6.80. The Hall–Kier alpha value is -10.0. The third-order valence-corrected chi connectivity index (χ3v) is 15.1. The Kier molecular flexibility index (Phi) is 9.85. The number of para-hydroxylation sites is 4. The van der Waals surface area contributed by atoms with E-state index in [-0.39, 0.29) is 0 Å². The van der Waals surface area contributed by atoms with Crippen molar-refractivity contribution in [1.29, 1.82) is 0 Å². The van der Waals surface area contributed by atoms with Gasteiger partial charge >= 0.3 is 0 Å². The summed E-state index contributed by atoms with van der Waals surface area (Å²) in [5.41, 5.74) is 17.6. The van der Waals surface area contributed by atoms with Crippen molar-refractivity contribution in [1.82, 2.24) is 19.0 Å². The number of hydrogen-bond donors (Lipinski definition) is 1. The van der Waals surface area contributed by atoms with E-state index in [4.69, 9.17) is 9.98 Å². The first-order chi connectivity index (χ1) is 37.2. The summed E-state index contributed by atoms with van der Waals surface area (Å²) in [5, 5.41) is 10.8. The number of amidine groups is 1. The van der Waals surface area contributed by atoms with Crippen molar-refractivity contribution in [2.24, 2.45) is 9.98 Å². The Morgan fingerprint density at radius 3 is 1.40 bits per heavy atom. The molecule has 0 spiro atoms. The highest BCUT2D eigenvalue weighted by Gasteiger charge is 2.31. The molecule has 0 aliphatic carbocycles. The molecule has 4 heterocycles. The molecule has 0 amide bonds. The molecular weight excluding hydrogens is 913 g/mol. The SMILES string of the molecule is c1ccc(-c2ccc(C3=NC(c4ccccc4)NC(n4c5ccccc5c5ccc6c7ccccc7n(-c7c(-c8ccccc8)c(-c8ccccc8)cc8c9ccccc9n(-c9ccccc9)c78)c6c54)=N3)cc2)cc1. The van der Waals surface area contributed by atoms with Crippen molar-refractivity contribution in [3.8, 4) is 44.8 Å². The number of hydrogen-bond acceptors (Lipinski definition) is 3. The summed E-state index contributed by atoms with van der Waals surface area (Å²) in [4.78, 5) is 11.0. The lowest BCUT2D eigenvalue weighted by Crippen LogP contribution is -2.37. The van der Waals surface area contributed by atoms with Crippen LogP contribution in [0.15, 0.2) is 277 Å². The van der Waals surface area contributed by atoms with Gasteiger partial charge in [-0.25, -0.2) is 4.99 Å². The number of aromatic nitrogens is 3. The highest BCUT2D eigenvalue weighted by Crippen LogP contribution is 2.50. The van der Waals surface area contributed by atoms with E-state index in [1.807, 2.05) is 0 Å². The average molecular weight is 959 g/mol. The fourth-order valence-electron chi connectivity index (χ4n) is 11.8. The zero-order valence-electron chi connectivity index (χ0n) is 40.7. The van der Waals surface area contributed by atoms with Gasteiger partial charge in [0, 0.05) is 49.1 Å². The number of benzene rings is 11. The first-order valence-electron chi connectivity index (χ1n) is 25.6. The maximum absolute atomic E-state index is 5.59. The minimum absolute atomic E-state index is 0.419. The Morgan fingerprint density at radius 1 is 0.333 bits per heavy atom. The smallest absolute Gasteiger partial charge is 0.212 e. The molecule has 1 N–H and O–H groups in total. The highest BCUT2D eigenvalue weighted by molar-refractivity contribution is 6.28. The minimum Gasteiger partial charge on any atom is -0.330 e. The van der Waals surface area contributed by atoms with Gasteiger partial charge in [-0.15, -0.1) is 0 Å². The Morgan fingerprint density at radius 2 is 0.787 bits per heavy atom. The van der Waals surface area contributed by atoms with Gasteiger partial charge < -0.3 is 14.5 Å². The van der Waals surface area contributed by atoms with Crippen molar-refractivity contribution < 1.29 is 0 Å². The molecule has 11 aromatic carbocycles. The van der Waals surface area contributed by atoms with Crippen LogP contribution in [-0.4, -0.2) is 25.5 Å². The van der Waals surface area contributed by atoms with E-state index in [1.165, 1.54) is 16.3 Å². The predicted molar refractivity (Wildman–Crippen MR) is 313 cm³/mol. The largest absolute Gasteiger partial charge is 0.330 e. The standard InChI is InChI=1S/C69H46N6/c1-6-22-45(23-7-1)46-38-40-50(41-39-46)68-70-67(49-28-12-4-13-29-49)71-69(72-68)75-61-37-21-17-33-53(61)56-43-42-55-52-32-16-20-36-60(52)74(63(55)64(56)75)66-62(48-26-10-3-11-27-48)57(47-24-8-2-9-25-47)44-58-54-34-18-19-35-59(54)73(65(58)66)51-30-14-5-15-31-51/h1-44,67H,(H,70,71,72). The minimum atomic E-state index is -0.419. The van der Waals surface area contributed by atoms with E-state index < -0.39 is 6.17 Å². The number of fused-ring (bicyclic) bond motifs is 10. The summed E-state index contributed by atoms with van der Waals surface area (Å²) < 4.78 is 7.45. The van der Waals surface area contributed by atoms with Crippen LogP contribution in [0.25, 0.3) is 110 Å². The van der Waals surface area contributed by atoms with E-state index in [0.717, 1.165) is 105 Å². The van der Waals surface area contributed by atoms with Crippen molar-refractivity contribution in [3.05, 3.63) is 278 Å². The van der Waals surface area contributed by atoms with E-state index in [9.17, 15) is 0 Å². The fraction of sp³-hybridized carbons (Fsp3) is 0.0145. The van der Waals surface area contributed by atoms with Gasteiger partial charge in [0.2, 0.25) is 5.96 Å². The molecule has 1 atom stereocenters. The number of nitrogens with one attached hydrogen (secondary N) is 1. The van der Waals surface area contributed by atoms with Gasteiger partial charge in [-0.3, -0.25) is 4.57 Å². The quantitative estimate of drug-likeness (QED) is 0.170. The van der Waals surface area contributed by atoms with Crippen LogP contribution in [-0.2, 0) is 0 Å². The number of nitrogens with zero attached hydrogens (tertiary/aromatic N) is 5. The summed E-state index contributed by atoms with van der Waals surface area (Å²) in [7, 11) is 0. The molecule has 3 aromatic heterocycles. The van der Waals surface area contributed by atoms with Crippen LogP contribution in [0.3, 0.4) is 0 Å². The molecule has 0 fully saturated rings. The molecule has 1 aliphatic rings. The van der Waals surface area contributed by atoms with Gasteiger partial charge in [0.25, 0.3) is 0 Å². The van der Waals surface area contributed by atoms with Crippen molar-refractivity contribution in [3.63, 3.8) is 0 Å². The van der Waals surface area contributed by atoms with Crippen molar-refractivity contribution in [2.45, 2.75) is 6.17 Å². The Balaban J connectivity index is 1.11. The molecule has 0 radical (unpaired) electrons. The zero-order valence-corrected chi connectivity index (χ0v) is 40.7. The molecule has 15 rings (SSSR count). The molecule has 0 bridgehead atoms. The highest BCUT2D eigenvalue weighted by atomic mass is 15.3. The maximum atomic E-state index is 5.59. The predicted octanol–water partition coefficient (Wildman–Crippen LogP) is 16.9. The topological polar surface area (TPSA) is 51.5 Å². The van der Waals surface area contributed by atoms with Crippen LogP contribution >= 0.6 is 0 Å². The maximum Gasteiger partial charge on any atom is 0.212 e. The fourth-order valence-corrected chi connectivity index (χ4v) is 11.8.